The Morgan fingerprint density at radius 1 is 1.17 bits per heavy atom. The average Bonchev–Trinajstić information content (AvgIpc) is 2.87. The first-order valence-electron chi connectivity index (χ1n) is 8.54. The summed E-state index contributed by atoms with van der Waals surface area (Å²) >= 11 is 0. The molecule has 1 saturated carbocycles. The summed E-state index contributed by atoms with van der Waals surface area (Å²) in [6.45, 7) is 4.67. The van der Waals surface area contributed by atoms with E-state index < -0.39 is 5.97 Å². The summed E-state index contributed by atoms with van der Waals surface area (Å²) in [6.07, 6.45) is 2.53. The van der Waals surface area contributed by atoms with Crippen LogP contribution < -0.4 is 5.32 Å². The predicted octanol–water partition coefficient (Wildman–Crippen LogP) is 3.29. The number of carbonyl (C=O) groups excluding carboxylic acids is 1. The van der Waals surface area contributed by atoms with Crippen LogP contribution in [0, 0.1) is 25.7 Å². The van der Waals surface area contributed by atoms with Gasteiger partial charge in [-0.1, -0.05) is 6.07 Å². The third-order valence-corrected chi connectivity index (χ3v) is 5.29. The Kier molecular flexibility index (Phi) is 4.60. The Bertz CT molecular complexity index is 770. The number of carboxylic acids is 1. The van der Waals surface area contributed by atoms with Gasteiger partial charge in [-0.2, -0.15) is 0 Å². The third kappa shape index (κ3) is 3.30. The van der Waals surface area contributed by atoms with Crippen LogP contribution in [0.3, 0.4) is 0 Å². The van der Waals surface area contributed by atoms with Gasteiger partial charge in [0.05, 0.1) is 5.92 Å². The largest absolute Gasteiger partial charge is 0.481 e. The standard InChI is InChI=1S/C19H24N2O3/c1-11-12(2)21-17-8-3-13(9-16(11)17)10-20-18(22)14-4-6-15(7-5-14)19(23)24/h3,8-9,14-15,21H,4-7,10H2,1-2H3,(H,20,22)(H,23,24). The number of hydrogen-bond acceptors (Lipinski definition) is 2. The second kappa shape index (κ2) is 6.67. The molecule has 1 amide bonds. The van der Waals surface area contributed by atoms with E-state index in [2.05, 4.69) is 36.3 Å². The van der Waals surface area contributed by atoms with Crippen molar-refractivity contribution in [1.29, 1.82) is 0 Å². The first-order valence-corrected chi connectivity index (χ1v) is 8.54. The third-order valence-electron chi connectivity index (χ3n) is 5.29. The maximum absolute atomic E-state index is 12.3. The lowest BCUT2D eigenvalue weighted by Gasteiger charge is -2.25. The number of amides is 1. The number of hydrogen-bond donors (Lipinski definition) is 3. The molecule has 3 N–H and O–H groups in total. The summed E-state index contributed by atoms with van der Waals surface area (Å²) in [6, 6.07) is 6.20. The number of carbonyl (C=O) groups is 2. The van der Waals surface area contributed by atoms with Crippen molar-refractivity contribution in [2.75, 3.05) is 0 Å². The molecule has 3 rings (SSSR count). The molecule has 0 bridgehead atoms. The van der Waals surface area contributed by atoms with E-state index in [0.29, 0.717) is 32.2 Å². The molecule has 0 spiro atoms. The van der Waals surface area contributed by atoms with E-state index in [-0.39, 0.29) is 17.7 Å². The highest BCUT2D eigenvalue weighted by Crippen LogP contribution is 2.29. The molecule has 1 aromatic heterocycles. The van der Waals surface area contributed by atoms with E-state index >= 15 is 0 Å². The van der Waals surface area contributed by atoms with Gasteiger partial charge in [0.2, 0.25) is 5.91 Å². The second-order valence-electron chi connectivity index (χ2n) is 6.86. The van der Waals surface area contributed by atoms with Gasteiger partial charge in [-0.05, 0) is 62.8 Å². The summed E-state index contributed by atoms with van der Waals surface area (Å²) < 4.78 is 0. The number of benzene rings is 1. The highest BCUT2D eigenvalue weighted by Gasteiger charge is 2.29. The van der Waals surface area contributed by atoms with Crippen molar-refractivity contribution in [3.05, 3.63) is 35.0 Å². The molecule has 0 aliphatic heterocycles. The molecule has 5 heteroatoms. The monoisotopic (exact) mass is 328 g/mol. The van der Waals surface area contributed by atoms with Gasteiger partial charge in [-0.25, -0.2) is 0 Å². The highest BCUT2D eigenvalue weighted by molar-refractivity contribution is 5.85. The van der Waals surface area contributed by atoms with Crippen molar-refractivity contribution < 1.29 is 14.7 Å². The van der Waals surface area contributed by atoms with E-state index in [1.165, 1.54) is 16.6 Å². The second-order valence-corrected chi connectivity index (χ2v) is 6.86. The molecule has 0 saturated heterocycles. The lowest BCUT2D eigenvalue weighted by atomic mass is 9.81. The van der Waals surface area contributed by atoms with Crippen molar-refractivity contribution in [2.45, 2.75) is 46.1 Å². The van der Waals surface area contributed by atoms with Gasteiger partial charge >= 0.3 is 5.97 Å². The molecule has 1 fully saturated rings. The van der Waals surface area contributed by atoms with Gasteiger partial charge < -0.3 is 15.4 Å². The number of nitrogens with one attached hydrogen (secondary N) is 2. The number of rotatable bonds is 4. The molecule has 1 aliphatic carbocycles. The van der Waals surface area contributed by atoms with Crippen LogP contribution in [-0.4, -0.2) is 22.0 Å². The van der Waals surface area contributed by atoms with Crippen LogP contribution in [0.5, 0.6) is 0 Å². The maximum Gasteiger partial charge on any atom is 0.306 e. The van der Waals surface area contributed by atoms with Crippen molar-refractivity contribution in [3.8, 4) is 0 Å². The van der Waals surface area contributed by atoms with Gasteiger partial charge in [-0.15, -0.1) is 0 Å². The lowest BCUT2D eigenvalue weighted by molar-refractivity contribution is -0.144. The minimum absolute atomic E-state index is 0.0425. The fourth-order valence-electron chi connectivity index (χ4n) is 3.55. The fraction of sp³-hybridized carbons (Fsp3) is 0.474. The summed E-state index contributed by atoms with van der Waals surface area (Å²) in [4.78, 5) is 26.6. The van der Waals surface area contributed by atoms with Crippen LogP contribution in [-0.2, 0) is 16.1 Å². The first kappa shape index (κ1) is 16.6. The summed E-state index contributed by atoms with van der Waals surface area (Å²) in [5, 5.41) is 13.2. The number of aliphatic carboxylic acids is 1. The van der Waals surface area contributed by atoms with Crippen LogP contribution in [0.2, 0.25) is 0 Å². The van der Waals surface area contributed by atoms with Crippen molar-refractivity contribution in [2.24, 2.45) is 11.8 Å². The quantitative estimate of drug-likeness (QED) is 0.805. The molecule has 1 aliphatic rings. The summed E-state index contributed by atoms with van der Waals surface area (Å²) in [5.41, 5.74) is 4.61. The fourth-order valence-corrected chi connectivity index (χ4v) is 3.55. The molecule has 5 nitrogen and oxygen atoms in total. The van der Waals surface area contributed by atoms with Gasteiger partial charge in [-0.3, -0.25) is 9.59 Å². The molecule has 0 radical (unpaired) electrons. The molecule has 24 heavy (non-hydrogen) atoms. The number of aromatic nitrogens is 1. The Labute approximate surface area is 141 Å². The van der Waals surface area contributed by atoms with Gasteiger partial charge in [0.25, 0.3) is 0 Å². The predicted molar refractivity (Wildman–Crippen MR) is 92.7 cm³/mol. The SMILES string of the molecule is Cc1[nH]c2ccc(CNC(=O)C3CCC(C(=O)O)CC3)cc2c1C. The van der Waals surface area contributed by atoms with E-state index in [0.717, 1.165) is 11.1 Å². The normalized spacial score (nSPS) is 20.9. The average molecular weight is 328 g/mol. The minimum Gasteiger partial charge on any atom is -0.481 e. The topological polar surface area (TPSA) is 82.2 Å². The van der Waals surface area contributed by atoms with Gasteiger partial charge in [0.15, 0.2) is 0 Å². The van der Waals surface area contributed by atoms with E-state index in [4.69, 9.17) is 5.11 Å². The smallest absolute Gasteiger partial charge is 0.306 e. The summed E-state index contributed by atoms with van der Waals surface area (Å²) in [5.74, 6) is -1.03. The van der Waals surface area contributed by atoms with Crippen molar-refractivity contribution >= 4 is 22.8 Å². The Morgan fingerprint density at radius 3 is 2.50 bits per heavy atom. The lowest BCUT2D eigenvalue weighted by Crippen LogP contribution is -2.34. The molecule has 0 atom stereocenters. The minimum atomic E-state index is -0.737. The van der Waals surface area contributed by atoms with Crippen molar-refractivity contribution in [3.63, 3.8) is 0 Å². The Hall–Kier alpha value is -2.30. The van der Waals surface area contributed by atoms with Crippen LogP contribution in [0.4, 0.5) is 0 Å². The van der Waals surface area contributed by atoms with Crippen LogP contribution in [0.15, 0.2) is 18.2 Å². The molecule has 2 aromatic rings. The Morgan fingerprint density at radius 2 is 1.83 bits per heavy atom. The zero-order valence-electron chi connectivity index (χ0n) is 14.2. The highest BCUT2D eigenvalue weighted by atomic mass is 16.4. The zero-order valence-corrected chi connectivity index (χ0v) is 14.2. The van der Waals surface area contributed by atoms with E-state index in [9.17, 15) is 9.59 Å². The number of aryl methyl sites for hydroxylation is 2. The molecular formula is C19H24N2O3. The maximum atomic E-state index is 12.3. The molecule has 1 aromatic carbocycles. The van der Waals surface area contributed by atoms with Crippen LogP contribution in [0.1, 0.15) is 42.5 Å². The van der Waals surface area contributed by atoms with E-state index in [1.54, 1.807) is 0 Å². The number of fused-ring (bicyclic) bond motifs is 1. The number of carboxylic acid groups (broad SMARTS) is 1. The molecular weight excluding hydrogens is 304 g/mol. The first-order chi connectivity index (χ1) is 11.5. The zero-order chi connectivity index (χ0) is 17.3. The van der Waals surface area contributed by atoms with E-state index in [1.807, 2.05) is 6.07 Å². The van der Waals surface area contributed by atoms with Gasteiger partial charge in [0.1, 0.15) is 0 Å². The number of aromatic amines is 1. The molecule has 128 valence electrons. The van der Waals surface area contributed by atoms with Crippen LogP contribution >= 0.6 is 0 Å². The molecule has 0 unspecified atom stereocenters. The summed E-state index contributed by atoms with van der Waals surface area (Å²) in [7, 11) is 0. The van der Waals surface area contributed by atoms with Crippen molar-refractivity contribution in [1.82, 2.24) is 10.3 Å². The molecule has 1 heterocycles. The van der Waals surface area contributed by atoms with Crippen LogP contribution in [0.25, 0.3) is 10.9 Å². The Balaban J connectivity index is 1.58. The number of H-pyrrole nitrogens is 1. The van der Waals surface area contributed by atoms with Gasteiger partial charge in [0, 0.05) is 29.1 Å².